The Bertz CT molecular complexity index is 575. The van der Waals surface area contributed by atoms with Crippen molar-refractivity contribution in [3.05, 3.63) is 59.1 Å². The minimum absolute atomic E-state index is 0.855. The fraction of sp³-hybridized carbons (Fsp3) is 0.294. The van der Waals surface area contributed by atoms with E-state index in [0.29, 0.717) is 0 Å². The van der Waals surface area contributed by atoms with Crippen LogP contribution < -0.4 is 9.80 Å². The van der Waals surface area contributed by atoms with Crippen LogP contribution in [0.2, 0.25) is 5.02 Å². The van der Waals surface area contributed by atoms with Crippen molar-refractivity contribution in [3.63, 3.8) is 0 Å². The molecule has 0 N–H and O–H groups in total. The molecule has 0 amide bonds. The Morgan fingerprint density at radius 2 is 1.40 bits per heavy atom. The zero-order valence-electron chi connectivity index (χ0n) is 11.7. The first-order valence-electron chi connectivity index (χ1n) is 7.05. The third-order valence-corrected chi connectivity index (χ3v) is 4.33. The van der Waals surface area contributed by atoms with E-state index >= 15 is 0 Å². The molecule has 0 aliphatic carbocycles. The van der Waals surface area contributed by atoms with Crippen LogP contribution in [0.1, 0.15) is 5.56 Å². The van der Waals surface area contributed by atoms with Crippen LogP contribution >= 0.6 is 11.6 Å². The molecule has 0 bridgehead atoms. The van der Waals surface area contributed by atoms with Crippen molar-refractivity contribution in [2.24, 2.45) is 0 Å². The van der Waals surface area contributed by atoms with E-state index in [-0.39, 0.29) is 0 Å². The Morgan fingerprint density at radius 3 is 2.00 bits per heavy atom. The fourth-order valence-electron chi connectivity index (χ4n) is 2.64. The first-order valence-corrected chi connectivity index (χ1v) is 7.43. The SMILES string of the molecule is Cc1ccc(N2CCN(c3ccccc3)CC2)cc1Cl. The van der Waals surface area contributed by atoms with Gasteiger partial charge in [0.05, 0.1) is 0 Å². The molecule has 0 atom stereocenters. The monoisotopic (exact) mass is 286 g/mol. The highest BCUT2D eigenvalue weighted by atomic mass is 35.5. The van der Waals surface area contributed by atoms with E-state index in [1.54, 1.807) is 0 Å². The van der Waals surface area contributed by atoms with Crippen LogP contribution in [0.5, 0.6) is 0 Å². The van der Waals surface area contributed by atoms with Crippen LogP contribution in [0.3, 0.4) is 0 Å². The van der Waals surface area contributed by atoms with Crippen molar-refractivity contribution in [3.8, 4) is 0 Å². The molecule has 0 aromatic heterocycles. The summed E-state index contributed by atoms with van der Waals surface area (Å²) >= 11 is 6.22. The van der Waals surface area contributed by atoms with Crippen LogP contribution in [-0.2, 0) is 0 Å². The first-order chi connectivity index (χ1) is 9.74. The molecular weight excluding hydrogens is 268 g/mol. The summed E-state index contributed by atoms with van der Waals surface area (Å²) in [4.78, 5) is 4.84. The van der Waals surface area contributed by atoms with Crippen molar-refractivity contribution in [2.75, 3.05) is 36.0 Å². The number of hydrogen-bond acceptors (Lipinski definition) is 2. The second-order valence-electron chi connectivity index (χ2n) is 5.24. The van der Waals surface area contributed by atoms with E-state index in [2.05, 4.69) is 58.3 Å². The zero-order valence-corrected chi connectivity index (χ0v) is 12.5. The lowest BCUT2D eigenvalue weighted by Gasteiger charge is -2.37. The fourth-order valence-corrected chi connectivity index (χ4v) is 2.81. The van der Waals surface area contributed by atoms with E-state index in [1.165, 1.54) is 11.4 Å². The molecule has 1 heterocycles. The molecule has 0 saturated carbocycles. The third kappa shape index (κ3) is 2.75. The lowest BCUT2D eigenvalue weighted by atomic mass is 10.2. The van der Waals surface area contributed by atoms with Gasteiger partial charge in [-0.25, -0.2) is 0 Å². The number of benzene rings is 2. The van der Waals surface area contributed by atoms with E-state index < -0.39 is 0 Å². The van der Waals surface area contributed by atoms with Crippen LogP contribution in [-0.4, -0.2) is 26.2 Å². The van der Waals surface area contributed by atoms with Gasteiger partial charge in [-0.1, -0.05) is 35.9 Å². The maximum Gasteiger partial charge on any atom is 0.0455 e. The summed E-state index contributed by atoms with van der Waals surface area (Å²) in [6.07, 6.45) is 0. The minimum atomic E-state index is 0.855. The van der Waals surface area contributed by atoms with Gasteiger partial charge in [-0.2, -0.15) is 0 Å². The van der Waals surface area contributed by atoms with E-state index in [0.717, 1.165) is 36.8 Å². The largest absolute Gasteiger partial charge is 0.368 e. The van der Waals surface area contributed by atoms with Gasteiger partial charge in [-0.3, -0.25) is 0 Å². The average Bonchev–Trinajstić information content (AvgIpc) is 2.51. The Labute approximate surface area is 125 Å². The van der Waals surface area contributed by atoms with E-state index in [9.17, 15) is 0 Å². The molecule has 1 fully saturated rings. The molecule has 3 heteroatoms. The van der Waals surface area contributed by atoms with Crippen LogP contribution in [0.4, 0.5) is 11.4 Å². The average molecular weight is 287 g/mol. The smallest absolute Gasteiger partial charge is 0.0455 e. The second kappa shape index (κ2) is 5.76. The Kier molecular flexibility index (Phi) is 3.83. The summed E-state index contributed by atoms with van der Waals surface area (Å²) in [5.41, 5.74) is 3.68. The number of rotatable bonds is 2. The summed E-state index contributed by atoms with van der Waals surface area (Å²) in [6, 6.07) is 17.0. The van der Waals surface area contributed by atoms with E-state index in [4.69, 9.17) is 11.6 Å². The highest BCUT2D eigenvalue weighted by Crippen LogP contribution is 2.25. The Balaban J connectivity index is 1.68. The van der Waals surface area contributed by atoms with Crippen molar-refractivity contribution in [1.82, 2.24) is 0 Å². The summed E-state index contributed by atoms with van der Waals surface area (Å²) in [5, 5.41) is 0.855. The molecule has 3 rings (SSSR count). The van der Waals surface area contributed by atoms with Crippen molar-refractivity contribution < 1.29 is 0 Å². The van der Waals surface area contributed by atoms with Crippen LogP contribution in [0.25, 0.3) is 0 Å². The number of nitrogens with zero attached hydrogens (tertiary/aromatic N) is 2. The molecule has 0 unspecified atom stereocenters. The molecule has 104 valence electrons. The van der Waals surface area contributed by atoms with Gasteiger partial charge in [0.15, 0.2) is 0 Å². The van der Waals surface area contributed by atoms with Gasteiger partial charge in [0.1, 0.15) is 0 Å². The molecule has 2 nitrogen and oxygen atoms in total. The molecule has 1 aliphatic heterocycles. The van der Waals surface area contributed by atoms with Crippen molar-refractivity contribution in [2.45, 2.75) is 6.92 Å². The molecule has 0 radical (unpaired) electrons. The second-order valence-corrected chi connectivity index (χ2v) is 5.65. The van der Waals surface area contributed by atoms with Gasteiger partial charge < -0.3 is 9.80 Å². The third-order valence-electron chi connectivity index (χ3n) is 3.92. The van der Waals surface area contributed by atoms with Gasteiger partial charge in [-0.15, -0.1) is 0 Å². The van der Waals surface area contributed by atoms with Crippen LogP contribution in [0.15, 0.2) is 48.5 Å². The molecule has 1 aliphatic rings. The molecule has 20 heavy (non-hydrogen) atoms. The predicted molar refractivity (Wildman–Crippen MR) is 87.1 cm³/mol. The van der Waals surface area contributed by atoms with Crippen molar-refractivity contribution in [1.29, 1.82) is 0 Å². The maximum atomic E-state index is 6.22. The van der Waals surface area contributed by atoms with Gasteiger partial charge in [0.2, 0.25) is 0 Å². The number of anilines is 2. The lowest BCUT2D eigenvalue weighted by Crippen LogP contribution is -2.46. The normalized spacial score (nSPS) is 15.5. The predicted octanol–water partition coefficient (Wildman–Crippen LogP) is 3.98. The van der Waals surface area contributed by atoms with Gasteiger partial charge in [0.25, 0.3) is 0 Å². The quantitative estimate of drug-likeness (QED) is 0.824. The van der Waals surface area contributed by atoms with Gasteiger partial charge >= 0.3 is 0 Å². The highest BCUT2D eigenvalue weighted by Gasteiger charge is 2.17. The number of aryl methyl sites for hydroxylation is 1. The Hall–Kier alpha value is -1.67. The number of para-hydroxylation sites is 1. The highest BCUT2D eigenvalue weighted by molar-refractivity contribution is 6.31. The Morgan fingerprint density at radius 1 is 0.800 bits per heavy atom. The summed E-state index contributed by atoms with van der Waals surface area (Å²) < 4.78 is 0. The first kappa shape index (κ1) is 13.3. The summed E-state index contributed by atoms with van der Waals surface area (Å²) in [6.45, 7) is 6.22. The molecule has 2 aromatic rings. The van der Waals surface area contributed by atoms with Crippen LogP contribution in [0, 0.1) is 6.92 Å². The summed E-state index contributed by atoms with van der Waals surface area (Å²) in [7, 11) is 0. The zero-order chi connectivity index (χ0) is 13.9. The van der Waals surface area contributed by atoms with Crippen molar-refractivity contribution >= 4 is 23.0 Å². The minimum Gasteiger partial charge on any atom is -0.368 e. The molecule has 2 aromatic carbocycles. The maximum absolute atomic E-state index is 6.22. The van der Waals surface area contributed by atoms with Gasteiger partial charge in [0, 0.05) is 42.6 Å². The molecule has 0 spiro atoms. The number of hydrogen-bond donors (Lipinski definition) is 0. The number of piperazine rings is 1. The summed E-state index contributed by atoms with van der Waals surface area (Å²) in [5.74, 6) is 0. The topological polar surface area (TPSA) is 6.48 Å². The van der Waals surface area contributed by atoms with E-state index in [1.807, 2.05) is 6.92 Å². The molecule has 1 saturated heterocycles. The standard InChI is InChI=1S/C17H19ClN2/c1-14-7-8-16(13-17(14)18)20-11-9-19(10-12-20)15-5-3-2-4-6-15/h2-8,13H,9-12H2,1H3. The van der Waals surface area contributed by atoms with Gasteiger partial charge in [-0.05, 0) is 36.8 Å². The lowest BCUT2D eigenvalue weighted by molar-refractivity contribution is 0.653. The number of halogens is 1. The molecular formula is C17H19ClN2.